The molecule has 116 valence electrons. The quantitative estimate of drug-likeness (QED) is 0.721. The Bertz CT molecular complexity index is 435. The number of ketones is 1. The summed E-state index contributed by atoms with van der Waals surface area (Å²) in [4.78, 5) is 14.4. The van der Waals surface area contributed by atoms with Crippen LogP contribution in [0.15, 0.2) is 24.3 Å². The van der Waals surface area contributed by atoms with Crippen molar-refractivity contribution < 1.29 is 9.53 Å². The van der Waals surface area contributed by atoms with Crippen molar-refractivity contribution in [2.24, 2.45) is 0 Å². The van der Waals surface area contributed by atoms with Crippen LogP contribution < -0.4 is 0 Å². The molecule has 3 heteroatoms. The van der Waals surface area contributed by atoms with Crippen LogP contribution in [-0.2, 0) is 11.2 Å². The Labute approximate surface area is 128 Å². The number of nitrogens with zero attached hydrogens (tertiary/aromatic N) is 1. The second-order valence-corrected chi connectivity index (χ2v) is 6.06. The molecule has 0 aromatic heterocycles. The maximum Gasteiger partial charge on any atom is 0.176 e. The number of ether oxygens (including phenoxy) is 1. The lowest BCUT2D eigenvalue weighted by Gasteiger charge is -2.27. The molecule has 2 rings (SSSR count). The van der Waals surface area contributed by atoms with Crippen molar-refractivity contribution in [2.75, 3.05) is 26.7 Å². The minimum absolute atomic E-state index is 0.191. The third kappa shape index (κ3) is 5.25. The van der Waals surface area contributed by atoms with Gasteiger partial charge in [-0.3, -0.25) is 9.69 Å². The van der Waals surface area contributed by atoms with Gasteiger partial charge in [0.2, 0.25) is 0 Å². The van der Waals surface area contributed by atoms with Gasteiger partial charge in [-0.1, -0.05) is 37.6 Å². The molecule has 1 aromatic carbocycles. The molecule has 0 bridgehead atoms. The number of rotatable bonds is 7. The number of carbonyl (C=O) groups is 1. The van der Waals surface area contributed by atoms with Gasteiger partial charge in [-0.25, -0.2) is 0 Å². The number of benzene rings is 1. The topological polar surface area (TPSA) is 29.5 Å². The highest BCUT2D eigenvalue weighted by Gasteiger charge is 2.17. The van der Waals surface area contributed by atoms with E-state index in [1.54, 1.807) is 0 Å². The van der Waals surface area contributed by atoms with Crippen molar-refractivity contribution in [1.29, 1.82) is 0 Å². The summed E-state index contributed by atoms with van der Waals surface area (Å²) in [6, 6.07) is 8.05. The van der Waals surface area contributed by atoms with E-state index in [0.29, 0.717) is 12.6 Å². The molecular formula is C18H27NO2. The largest absolute Gasteiger partial charge is 0.377 e. The third-order valence-corrected chi connectivity index (χ3v) is 4.02. The van der Waals surface area contributed by atoms with Gasteiger partial charge >= 0.3 is 0 Å². The molecule has 0 amide bonds. The van der Waals surface area contributed by atoms with Gasteiger partial charge in [-0.2, -0.15) is 0 Å². The van der Waals surface area contributed by atoms with Crippen molar-refractivity contribution in [2.45, 2.75) is 45.1 Å². The van der Waals surface area contributed by atoms with E-state index in [1.807, 2.05) is 19.2 Å². The van der Waals surface area contributed by atoms with Crippen LogP contribution >= 0.6 is 0 Å². The number of hydrogen-bond donors (Lipinski definition) is 0. The average molecular weight is 289 g/mol. The van der Waals surface area contributed by atoms with Gasteiger partial charge in [0.05, 0.1) is 12.6 Å². The molecule has 3 nitrogen and oxygen atoms in total. The highest BCUT2D eigenvalue weighted by molar-refractivity contribution is 5.97. The zero-order chi connectivity index (χ0) is 15.1. The molecule has 0 saturated carbocycles. The molecule has 1 aromatic rings. The lowest BCUT2D eigenvalue weighted by atomic mass is 10.0. The fourth-order valence-corrected chi connectivity index (χ4v) is 2.85. The Morgan fingerprint density at radius 3 is 2.67 bits per heavy atom. The van der Waals surface area contributed by atoms with Crippen LogP contribution in [0.5, 0.6) is 0 Å². The van der Waals surface area contributed by atoms with Crippen molar-refractivity contribution in [1.82, 2.24) is 4.90 Å². The number of Topliss-reactive ketones (excluding diaryl/α,β-unsaturated/α-hetero) is 1. The lowest BCUT2D eigenvalue weighted by Crippen LogP contribution is -2.36. The highest BCUT2D eigenvalue weighted by Crippen LogP contribution is 2.14. The first-order valence-corrected chi connectivity index (χ1v) is 8.11. The summed E-state index contributed by atoms with van der Waals surface area (Å²) < 4.78 is 5.73. The second kappa shape index (κ2) is 8.30. The van der Waals surface area contributed by atoms with Gasteiger partial charge in [-0.05, 0) is 38.3 Å². The standard InChI is InChI=1S/C18H27NO2/c1-3-6-15-8-10-16(11-9-15)18(20)14-19(2)13-17-7-4-5-12-21-17/h8-11,17H,3-7,12-14H2,1-2H3. The molecule has 1 fully saturated rings. The molecule has 0 N–H and O–H groups in total. The molecule has 1 atom stereocenters. The van der Waals surface area contributed by atoms with Gasteiger partial charge in [0.15, 0.2) is 5.78 Å². The first-order chi connectivity index (χ1) is 10.2. The molecule has 1 unspecified atom stereocenters. The summed E-state index contributed by atoms with van der Waals surface area (Å²) >= 11 is 0. The zero-order valence-corrected chi connectivity index (χ0v) is 13.3. The monoisotopic (exact) mass is 289 g/mol. The Kier molecular flexibility index (Phi) is 6.40. The van der Waals surface area contributed by atoms with Gasteiger partial charge in [0.1, 0.15) is 0 Å². The van der Waals surface area contributed by atoms with Crippen LogP contribution in [0.3, 0.4) is 0 Å². The molecule has 0 spiro atoms. The van der Waals surface area contributed by atoms with Crippen LogP contribution in [-0.4, -0.2) is 43.5 Å². The zero-order valence-electron chi connectivity index (χ0n) is 13.3. The normalized spacial score (nSPS) is 18.9. The highest BCUT2D eigenvalue weighted by atomic mass is 16.5. The Hall–Kier alpha value is -1.19. The van der Waals surface area contributed by atoms with E-state index in [0.717, 1.165) is 38.0 Å². The molecule has 0 aliphatic carbocycles. The van der Waals surface area contributed by atoms with Crippen LogP contribution in [0.4, 0.5) is 0 Å². The second-order valence-electron chi connectivity index (χ2n) is 6.06. The molecule has 1 aliphatic heterocycles. The smallest absolute Gasteiger partial charge is 0.176 e. The third-order valence-electron chi connectivity index (χ3n) is 4.02. The molecule has 0 radical (unpaired) electrons. The molecule has 21 heavy (non-hydrogen) atoms. The van der Waals surface area contributed by atoms with Gasteiger partial charge < -0.3 is 4.74 Å². The van der Waals surface area contributed by atoms with Crippen LogP contribution in [0.25, 0.3) is 0 Å². The van der Waals surface area contributed by atoms with Crippen molar-refractivity contribution in [3.8, 4) is 0 Å². The van der Waals surface area contributed by atoms with Crippen molar-refractivity contribution >= 4 is 5.78 Å². The van der Waals surface area contributed by atoms with E-state index in [4.69, 9.17) is 4.74 Å². The van der Waals surface area contributed by atoms with Gasteiger partial charge in [-0.15, -0.1) is 0 Å². The predicted octanol–water partition coefficient (Wildman–Crippen LogP) is 3.32. The Balaban J connectivity index is 1.82. The van der Waals surface area contributed by atoms with Gasteiger partial charge in [0.25, 0.3) is 0 Å². The summed E-state index contributed by atoms with van der Waals surface area (Å²) in [6.45, 7) is 4.35. The predicted molar refractivity (Wildman–Crippen MR) is 85.9 cm³/mol. The first-order valence-electron chi connectivity index (χ1n) is 8.11. The maximum absolute atomic E-state index is 12.3. The Morgan fingerprint density at radius 1 is 1.29 bits per heavy atom. The molecule has 1 saturated heterocycles. The van der Waals surface area contributed by atoms with Crippen molar-refractivity contribution in [3.05, 3.63) is 35.4 Å². The molecule has 1 heterocycles. The maximum atomic E-state index is 12.3. The summed E-state index contributed by atoms with van der Waals surface area (Å²) in [5, 5.41) is 0. The van der Waals surface area contributed by atoms with E-state index < -0.39 is 0 Å². The first kappa shape index (κ1) is 16.2. The lowest BCUT2D eigenvalue weighted by molar-refractivity contribution is -0.000668. The van der Waals surface area contributed by atoms with E-state index in [2.05, 4.69) is 24.0 Å². The van der Waals surface area contributed by atoms with Gasteiger partial charge in [0, 0.05) is 18.7 Å². The minimum atomic E-state index is 0.191. The summed E-state index contributed by atoms with van der Waals surface area (Å²) in [5.74, 6) is 0.191. The van der Waals surface area contributed by atoms with Crippen LogP contribution in [0, 0.1) is 0 Å². The summed E-state index contributed by atoms with van der Waals surface area (Å²) in [7, 11) is 2.00. The minimum Gasteiger partial charge on any atom is -0.377 e. The fourth-order valence-electron chi connectivity index (χ4n) is 2.85. The number of hydrogen-bond acceptors (Lipinski definition) is 3. The number of likely N-dealkylation sites (N-methyl/N-ethyl adjacent to an activating group) is 1. The Morgan fingerprint density at radius 2 is 2.05 bits per heavy atom. The van der Waals surface area contributed by atoms with E-state index in [1.165, 1.54) is 18.4 Å². The van der Waals surface area contributed by atoms with Crippen LogP contribution in [0.1, 0.15) is 48.5 Å². The number of aryl methyl sites for hydroxylation is 1. The summed E-state index contributed by atoms with van der Waals surface area (Å²) in [5.41, 5.74) is 2.12. The van der Waals surface area contributed by atoms with E-state index >= 15 is 0 Å². The van der Waals surface area contributed by atoms with E-state index in [-0.39, 0.29) is 5.78 Å². The van der Waals surface area contributed by atoms with E-state index in [9.17, 15) is 4.79 Å². The molecular weight excluding hydrogens is 262 g/mol. The number of carbonyl (C=O) groups excluding carboxylic acids is 1. The summed E-state index contributed by atoms with van der Waals surface area (Å²) in [6.07, 6.45) is 6.03. The van der Waals surface area contributed by atoms with Crippen molar-refractivity contribution in [3.63, 3.8) is 0 Å². The SMILES string of the molecule is CCCc1ccc(C(=O)CN(C)CC2CCCCO2)cc1. The average Bonchev–Trinajstić information content (AvgIpc) is 2.49. The van der Waals surface area contributed by atoms with Crippen LogP contribution in [0.2, 0.25) is 0 Å². The fraction of sp³-hybridized carbons (Fsp3) is 0.611. The molecule has 1 aliphatic rings.